The van der Waals surface area contributed by atoms with Crippen LogP contribution in [0, 0.1) is 6.92 Å². The second kappa shape index (κ2) is 13.3. The van der Waals surface area contributed by atoms with Crippen molar-refractivity contribution < 1.29 is 8.42 Å². The van der Waals surface area contributed by atoms with E-state index in [0.29, 0.717) is 34.8 Å². The monoisotopic (exact) mass is 559 g/mol. The van der Waals surface area contributed by atoms with Crippen molar-refractivity contribution in [1.29, 1.82) is 0 Å². The van der Waals surface area contributed by atoms with Crippen LogP contribution in [-0.2, 0) is 21.3 Å². The molecule has 2 heterocycles. The molecule has 34 heavy (non-hydrogen) atoms. The average molecular weight is 560 g/mol. The highest BCUT2D eigenvalue weighted by molar-refractivity contribution is 7.98. The summed E-state index contributed by atoms with van der Waals surface area (Å²) in [4.78, 5) is 12.1. The second-order valence-electron chi connectivity index (χ2n) is 7.08. The number of aryl methyl sites for hydroxylation is 1. The number of rotatable bonds is 13. The molecule has 0 saturated heterocycles. The summed E-state index contributed by atoms with van der Waals surface area (Å²) in [6.07, 6.45) is 1.69. The number of aliphatic imine (C=N–C) groups is 1. The van der Waals surface area contributed by atoms with Gasteiger partial charge in [0.15, 0.2) is 9.84 Å². The highest BCUT2D eigenvalue weighted by atomic mass is 35.5. The molecule has 2 aromatic heterocycles. The summed E-state index contributed by atoms with van der Waals surface area (Å²) in [7, 11) is -3.55. The van der Waals surface area contributed by atoms with E-state index in [1.807, 2.05) is 6.92 Å². The summed E-state index contributed by atoms with van der Waals surface area (Å²) < 4.78 is 25.8. The van der Waals surface area contributed by atoms with Gasteiger partial charge < -0.3 is 16.0 Å². The molecule has 1 aromatic carbocycles. The summed E-state index contributed by atoms with van der Waals surface area (Å²) in [5.74, 6) is 3.25. The molecular weight excluding hydrogens is 534 g/mol. The van der Waals surface area contributed by atoms with Crippen LogP contribution in [0.5, 0.6) is 0 Å². The van der Waals surface area contributed by atoms with Crippen molar-refractivity contribution in [1.82, 2.24) is 25.5 Å². The number of nitrogens with two attached hydrogens (primary N) is 1. The number of nitrogens with zero attached hydrogens (tertiary/aromatic N) is 4. The number of hydrogen-bond donors (Lipinski definition) is 3. The van der Waals surface area contributed by atoms with Crippen molar-refractivity contribution in [3.8, 4) is 0 Å². The van der Waals surface area contributed by atoms with Gasteiger partial charge in [-0.25, -0.2) is 13.4 Å². The summed E-state index contributed by atoms with van der Waals surface area (Å²) in [6.45, 7) is 3.07. The van der Waals surface area contributed by atoms with E-state index < -0.39 is 9.84 Å². The highest BCUT2D eigenvalue weighted by Crippen LogP contribution is 2.18. The van der Waals surface area contributed by atoms with Crippen LogP contribution in [0.3, 0.4) is 0 Å². The van der Waals surface area contributed by atoms with Gasteiger partial charge in [-0.2, -0.15) is 23.5 Å². The summed E-state index contributed by atoms with van der Waals surface area (Å²) in [5, 5.41) is 12.8. The molecule has 0 atom stereocenters. The second-order valence-corrected chi connectivity index (χ2v) is 12.8. The quantitative estimate of drug-likeness (QED) is 0.163. The number of aromatic amines is 1. The van der Waals surface area contributed by atoms with Gasteiger partial charge in [-0.05, 0) is 31.2 Å². The Morgan fingerprint density at radius 1 is 1.21 bits per heavy atom. The minimum absolute atomic E-state index is 0.199. The summed E-state index contributed by atoms with van der Waals surface area (Å²) in [6, 6.07) is 6.17. The van der Waals surface area contributed by atoms with Gasteiger partial charge in [-0.15, -0.1) is 10.2 Å². The van der Waals surface area contributed by atoms with Gasteiger partial charge in [0, 0.05) is 40.3 Å². The minimum atomic E-state index is -3.55. The Labute approximate surface area is 216 Å². The summed E-state index contributed by atoms with van der Waals surface area (Å²) in [5.41, 5.74) is 7.69. The fraction of sp³-hybridized carbons (Fsp3) is 0.400. The molecule has 184 valence electrons. The molecule has 0 amide bonds. The van der Waals surface area contributed by atoms with Gasteiger partial charge in [-0.1, -0.05) is 22.9 Å². The predicted octanol–water partition coefficient (Wildman–Crippen LogP) is 3.43. The number of benzene rings is 1. The molecule has 0 spiro atoms. The van der Waals surface area contributed by atoms with Crippen molar-refractivity contribution in [3.63, 3.8) is 0 Å². The van der Waals surface area contributed by atoms with Gasteiger partial charge in [0.05, 0.1) is 23.5 Å². The lowest BCUT2D eigenvalue weighted by Gasteiger charge is -2.11. The normalized spacial score (nSPS) is 12.2. The van der Waals surface area contributed by atoms with Crippen LogP contribution in [0.2, 0.25) is 5.02 Å². The van der Waals surface area contributed by atoms with Crippen LogP contribution in [0.4, 0.5) is 5.13 Å². The van der Waals surface area contributed by atoms with E-state index in [-0.39, 0.29) is 10.6 Å². The zero-order valence-corrected chi connectivity index (χ0v) is 22.6. The molecule has 3 aromatic rings. The number of hydrogen-bond acceptors (Lipinski definition) is 10. The molecule has 0 fully saturated rings. The van der Waals surface area contributed by atoms with Crippen molar-refractivity contribution in [3.05, 3.63) is 52.0 Å². The number of nitrogen functional groups attached to an aromatic ring is 1. The van der Waals surface area contributed by atoms with Crippen molar-refractivity contribution in [2.45, 2.75) is 23.3 Å². The molecule has 4 N–H and O–H groups in total. The Bertz CT molecular complexity index is 1180. The lowest BCUT2D eigenvalue weighted by atomic mass is 10.4. The Kier molecular flexibility index (Phi) is 10.5. The third-order valence-corrected chi connectivity index (χ3v) is 9.24. The number of nitrogens with one attached hydrogen (secondary N) is 2. The van der Waals surface area contributed by atoms with Gasteiger partial charge in [0.1, 0.15) is 16.6 Å². The molecule has 0 aliphatic rings. The lowest BCUT2D eigenvalue weighted by molar-refractivity contribution is 0.599. The van der Waals surface area contributed by atoms with Gasteiger partial charge >= 0.3 is 0 Å². The van der Waals surface area contributed by atoms with Crippen LogP contribution in [0.15, 0.2) is 40.5 Å². The van der Waals surface area contributed by atoms with Gasteiger partial charge in [0.2, 0.25) is 5.13 Å². The van der Waals surface area contributed by atoms with Crippen LogP contribution in [0.25, 0.3) is 0 Å². The standard InChI is InChI=1S/C20H26ClN7O2S4/c1-14-17(26-13-25-14)10-31-8-6-23-18(12-34(29,30)16-4-2-15(21)3-5-16)24-7-9-32-11-19-27-28-20(22)33-19/h2-5,13H,6-12H2,1H3,(H2,22,28)(H,23,24)(H,25,26). The molecule has 0 bridgehead atoms. The Hall–Kier alpha value is -1.80. The first-order chi connectivity index (χ1) is 16.3. The van der Waals surface area contributed by atoms with E-state index >= 15 is 0 Å². The SMILES string of the molecule is Cc1[nH]cnc1CSCCNC(CS(=O)(=O)c1ccc(Cl)cc1)=NCCSCc1nnc(N)s1. The molecule has 0 aliphatic carbocycles. The molecule has 0 aliphatic heterocycles. The first kappa shape index (κ1) is 26.8. The maximum atomic E-state index is 12.9. The lowest BCUT2D eigenvalue weighted by Crippen LogP contribution is -2.32. The largest absolute Gasteiger partial charge is 0.374 e. The van der Waals surface area contributed by atoms with Gasteiger partial charge in [0.25, 0.3) is 0 Å². The van der Waals surface area contributed by atoms with Crippen molar-refractivity contribution >= 4 is 67.3 Å². The number of sulfone groups is 1. The van der Waals surface area contributed by atoms with Crippen LogP contribution < -0.4 is 11.1 Å². The van der Waals surface area contributed by atoms with Crippen LogP contribution in [-0.4, -0.2) is 64.8 Å². The van der Waals surface area contributed by atoms with E-state index in [1.54, 1.807) is 42.0 Å². The zero-order valence-electron chi connectivity index (χ0n) is 18.5. The first-order valence-corrected chi connectivity index (χ1v) is 15.5. The third-order valence-electron chi connectivity index (χ3n) is 4.49. The third kappa shape index (κ3) is 8.77. The maximum absolute atomic E-state index is 12.9. The van der Waals surface area contributed by atoms with Gasteiger partial charge in [-0.3, -0.25) is 4.99 Å². The molecule has 14 heteroatoms. The van der Waals surface area contributed by atoms with E-state index in [1.165, 1.54) is 23.5 Å². The molecule has 0 saturated carbocycles. The molecular formula is C20H26ClN7O2S4. The molecule has 9 nitrogen and oxygen atoms in total. The van der Waals surface area contributed by atoms with E-state index in [4.69, 9.17) is 17.3 Å². The van der Waals surface area contributed by atoms with E-state index in [9.17, 15) is 8.42 Å². The first-order valence-electron chi connectivity index (χ1n) is 10.3. The number of imidazole rings is 1. The van der Waals surface area contributed by atoms with E-state index in [2.05, 4.69) is 30.5 Å². The number of anilines is 1. The fourth-order valence-electron chi connectivity index (χ4n) is 2.76. The Morgan fingerprint density at radius 3 is 2.65 bits per heavy atom. The van der Waals surface area contributed by atoms with Crippen molar-refractivity contribution in [2.24, 2.45) is 4.99 Å². The average Bonchev–Trinajstić information content (AvgIpc) is 3.40. The van der Waals surface area contributed by atoms with Crippen LogP contribution >= 0.6 is 46.5 Å². The Morgan fingerprint density at radius 2 is 1.97 bits per heavy atom. The maximum Gasteiger partial charge on any atom is 0.203 e. The number of halogens is 1. The number of thioether (sulfide) groups is 2. The van der Waals surface area contributed by atoms with E-state index in [0.717, 1.165) is 33.7 Å². The molecule has 3 rings (SSSR count). The number of aromatic nitrogens is 4. The topological polar surface area (TPSA) is 139 Å². The highest BCUT2D eigenvalue weighted by Gasteiger charge is 2.18. The number of H-pyrrole nitrogens is 1. The summed E-state index contributed by atoms with van der Waals surface area (Å²) >= 11 is 10.6. The smallest absolute Gasteiger partial charge is 0.203 e. The molecule has 0 unspecified atom stereocenters. The van der Waals surface area contributed by atoms with Crippen molar-refractivity contribution in [2.75, 3.05) is 36.1 Å². The molecule has 0 radical (unpaired) electrons. The van der Waals surface area contributed by atoms with Crippen LogP contribution in [0.1, 0.15) is 16.4 Å². The Balaban J connectivity index is 1.53. The minimum Gasteiger partial charge on any atom is -0.374 e. The zero-order chi connectivity index (χ0) is 24.4. The fourth-order valence-corrected chi connectivity index (χ4v) is 6.52. The predicted molar refractivity (Wildman–Crippen MR) is 144 cm³/mol. The number of amidine groups is 1.